The van der Waals surface area contributed by atoms with Gasteiger partial charge in [0.25, 0.3) is 0 Å². The van der Waals surface area contributed by atoms with Crippen LogP contribution in [-0.4, -0.2) is 50.2 Å². The predicted molar refractivity (Wildman–Crippen MR) is 151 cm³/mol. The minimum atomic E-state index is 0.411. The SMILES string of the molecule is C[N+](C)(CCCC[N+](C)(C)C1c2ccccc2-c2ccccc21)C1c2ccccc2-c2ccccc21. The Morgan fingerprint density at radius 1 is 0.417 bits per heavy atom. The third kappa shape index (κ3) is 3.72. The van der Waals surface area contributed by atoms with Gasteiger partial charge in [-0.3, -0.25) is 0 Å². The normalized spacial score (nSPS) is 14.9. The molecule has 36 heavy (non-hydrogen) atoms. The van der Waals surface area contributed by atoms with Crippen molar-refractivity contribution in [1.29, 1.82) is 0 Å². The predicted octanol–water partition coefficient (Wildman–Crippen LogP) is 7.46. The summed E-state index contributed by atoms with van der Waals surface area (Å²) in [4.78, 5) is 0. The molecule has 2 nitrogen and oxygen atoms in total. The maximum atomic E-state index is 2.42. The molecule has 0 aliphatic heterocycles. The first-order valence-electron chi connectivity index (χ1n) is 13.4. The Labute approximate surface area is 216 Å². The van der Waals surface area contributed by atoms with Crippen LogP contribution in [0.25, 0.3) is 22.3 Å². The van der Waals surface area contributed by atoms with E-state index in [4.69, 9.17) is 0 Å². The Bertz CT molecular complexity index is 1210. The lowest BCUT2D eigenvalue weighted by Crippen LogP contribution is -2.46. The Morgan fingerprint density at radius 2 is 0.667 bits per heavy atom. The molecule has 2 aliphatic carbocycles. The van der Waals surface area contributed by atoms with E-state index in [9.17, 15) is 0 Å². The molecule has 4 aromatic carbocycles. The molecule has 4 aromatic rings. The average molecular weight is 475 g/mol. The van der Waals surface area contributed by atoms with Gasteiger partial charge in [-0.05, 0) is 22.3 Å². The van der Waals surface area contributed by atoms with E-state index in [0.717, 1.165) is 8.97 Å². The quantitative estimate of drug-likeness (QED) is 0.193. The van der Waals surface area contributed by atoms with Crippen molar-refractivity contribution >= 4 is 0 Å². The Balaban J connectivity index is 1.18. The molecule has 0 radical (unpaired) electrons. The van der Waals surface area contributed by atoms with Crippen molar-refractivity contribution in [1.82, 2.24) is 0 Å². The van der Waals surface area contributed by atoms with Crippen LogP contribution in [0.2, 0.25) is 0 Å². The monoisotopic (exact) mass is 474 g/mol. The van der Waals surface area contributed by atoms with Crippen LogP contribution in [0.1, 0.15) is 47.2 Å². The first-order valence-corrected chi connectivity index (χ1v) is 13.4. The molecule has 0 heterocycles. The molecule has 0 aromatic heterocycles. The van der Waals surface area contributed by atoms with Crippen LogP contribution in [0.15, 0.2) is 97.1 Å². The van der Waals surface area contributed by atoms with Crippen molar-refractivity contribution in [3.8, 4) is 22.3 Å². The molecule has 6 rings (SSSR count). The third-order valence-electron chi connectivity index (χ3n) is 8.72. The average Bonchev–Trinajstić information content (AvgIpc) is 3.41. The molecule has 2 aliphatic rings. The van der Waals surface area contributed by atoms with Crippen molar-refractivity contribution in [2.24, 2.45) is 0 Å². The van der Waals surface area contributed by atoms with Crippen molar-refractivity contribution in [3.63, 3.8) is 0 Å². The largest absolute Gasteiger partial charge is 0.318 e. The number of nitrogens with zero attached hydrogens (tertiary/aromatic N) is 2. The van der Waals surface area contributed by atoms with Crippen LogP contribution in [-0.2, 0) is 0 Å². The standard InChI is InChI=1S/C34H38N2/c1-35(2,33-29-19-9-5-15-25(29)26-16-6-10-20-30(26)33)23-13-14-24-36(3,4)34-31-21-11-7-17-27(31)28-18-8-12-22-32(28)34/h5-12,15-22,33-34H,13-14,23-24H2,1-4H3/q+2. The zero-order valence-electron chi connectivity index (χ0n) is 22.1. The summed E-state index contributed by atoms with van der Waals surface area (Å²) >= 11 is 0. The minimum absolute atomic E-state index is 0.411. The van der Waals surface area contributed by atoms with Crippen LogP contribution < -0.4 is 0 Å². The molecule has 0 spiro atoms. The molecule has 0 saturated heterocycles. The van der Waals surface area contributed by atoms with E-state index < -0.39 is 0 Å². The first kappa shape index (κ1) is 23.2. The highest BCUT2D eigenvalue weighted by Crippen LogP contribution is 2.49. The third-order valence-corrected chi connectivity index (χ3v) is 8.72. The van der Waals surface area contributed by atoms with E-state index in [1.807, 2.05) is 0 Å². The zero-order chi connectivity index (χ0) is 24.9. The highest BCUT2D eigenvalue weighted by molar-refractivity contribution is 5.78. The van der Waals surface area contributed by atoms with E-state index >= 15 is 0 Å². The number of hydrogen-bond acceptors (Lipinski definition) is 0. The van der Waals surface area contributed by atoms with Crippen molar-refractivity contribution in [2.75, 3.05) is 41.3 Å². The lowest BCUT2D eigenvalue weighted by molar-refractivity contribution is -0.921. The number of quaternary nitrogens is 2. The molecule has 0 atom stereocenters. The molecule has 0 unspecified atom stereocenters. The topological polar surface area (TPSA) is 0 Å². The number of hydrogen-bond donors (Lipinski definition) is 0. The van der Waals surface area contributed by atoms with Crippen LogP contribution in [0.3, 0.4) is 0 Å². The second-order valence-electron chi connectivity index (χ2n) is 11.9. The highest BCUT2D eigenvalue weighted by atomic mass is 15.3. The highest BCUT2D eigenvalue weighted by Gasteiger charge is 2.41. The minimum Gasteiger partial charge on any atom is -0.318 e. The smallest absolute Gasteiger partial charge is 0.141 e. The molecule has 0 amide bonds. The van der Waals surface area contributed by atoms with Gasteiger partial charge in [-0.15, -0.1) is 0 Å². The zero-order valence-corrected chi connectivity index (χ0v) is 22.1. The van der Waals surface area contributed by atoms with E-state index in [-0.39, 0.29) is 0 Å². The first-order chi connectivity index (χ1) is 17.4. The summed E-state index contributed by atoms with van der Waals surface area (Å²) in [7, 11) is 9.69. The molecular weight excluding hydrogens is 436 g/mol. The van der Waals surface area contributed by atoms with E-state index in [0.29, 0.717) is 12.1 Å². The molecule has 2 heteroatoms. The lowest BCUT2D eigenvalue weighted by atomic mass is 10.00. The van der Waals surface area contributed by atoms with Gasteiger partial charge in [0, 0.05) is 35.1 Å². The fourth-order valence-electron chi connectivity index (χ4n) is 7.06. The van der Waals surface area contributed by atoms with Crippen molar-refractivity contribution in [2.45, 2.75) is 24.9 Å². The van der Waals surface area contributed by atoms with Gasteiger partial charge in [0.2, 0.25) is 0 Å². The van der Waals surface area contributed by atoms with Gasteiger partial charge in [0.15, 0.2) is 0 Å². The summed E-state index contributed by atoms with van der Waals surface area (Å²) < 4.78 is 1.99. The van der Waals surface area contributed by atoms with E-state index in [1.165, 1.54) is 70.4 Å². The van der Waals surface area contributed by atoms with Gasteiger partial charge < -0.3 is 8.97 Å². The Kier molecular flexibility index (Phi) is 5.63. The van der Waals surface area contributed by atoms with Gasteiger partial charge >= 0.3 is 0 Å². The fraction of sp³-hybridized carbons (Fsp3) is 0.294. The molecule has 0 N–H and O–H groups in total. The molecular formula is C34H38N2+2. The summed E-state index contributed by atoms with van der Waals surface area (Å²) in [5.74, 6) is 0. The number of benzene rings is 4. The van der Waals surface area contributed by atoms with Gasteiger partial charge in [0.05, 0.1) is 41.3 Å². The van der Waals surface area contributed by atoms with Crippen LogP contribution >= 0.6 is 0 Å². The van der Waals surface area contributed by atoms with Crippen molar-refractivity contribution < 1.29 is 8.97 Å². The maximum absolute atomic E-state index is 2.42. The molecule has 0 saturated carbocycles. The maximum Gasteiger partial charge on any atom is 0.141 e. The Morgan fingerprint density at radius 3 is 0.944 bits per heavy atom. The van der Waals surface area contributed by atoms with Gasteiger partial charge in [-0.25, -0.2) is 0 Å². The second kappa shape index (κ2) is 8.73. The number of unbranched alkanes of at least 4 members (excludes halogenated alkanes) is 1. The second-order valence-corrected chi connectivity index (χ2v) is 11.9. The summed E-state index contributed by atoms with van der Waals surface area (Å²) in [5.41, 5.74) is 11.6. The van der Waals surface area contributed by atoms with Crippen LogP contribution in [0.4, 0.5) is 0 Å². The Hall–Kier alpha value is -3.20. The van der Waals surface area contributed by atoms with Crippen LogP contribution in [0, 0.1) is 0 Å². The summed E-state index contributed by atoms with van der Waals surface area (Å²) in [6, 6.07) is 36.9. The number of rotatable bonds is 7. The van der Waals surface area contributed by atoms with Gasteiger partial charge in [-0.2, -0.15) is 0 Å². The van der Waals surface area contributed by atoms with Gasteiger partial charge in [0.1, 0.15) is 12.1 Å². The summed E-state index contributed by atoms with van der Waals surface area (Å²) in [5, 5.41) is 0. The molecule has 182 valence electrons. The summed E-state index contributed by atoms with van der Waals surface area (Å²) in [6.07, 6.45) is 2.46. The van der Waals surface area contributed by atoms with E-state index in [2.05, 4.69) is 125 Å². The van der Waals surface area contributed by atoms with Crippen molar-refractivity contribution in [3.05, 3.63) is 119 Å². The van der Waals surface area contributed by atoms with Crippen LogP contribution in [0.5, 0.6) is 0 Å². The van der Waals surface area contributed by atoms with E-state index in [1.54, 1.807) is 0 Å². The summed E-state index contributed by atoms with van der Waals surface area (Å²) in [6.45, 7) is 2.34. The lowest BCUT2D eigenvalue weighted by Gasteiger charge is -2.39. The molecule has 0 fully saturated rings. The van der Waals surface area contributed by atoms with Gasteiger partial charge in [-0.1, -0.05) is 97.1 Å². The number of fused-ring (bicyclic) bond motifs is 6. The molecule has 0 bridgehead atoms. The fourth-order valence-corrected chi connectivity index (χ4v) is 7.06.